The molecule has 0 amide bonds. The van der Waals surface area contributed by atoms with Crippen molar-refractivity contribution in [3.8, 4) is 0 Å². The van der Waals surface area contributed by atoms with E-state index in [1.165, 1.54) is 14.1 Å². The van der Waals surface area contributed by atoms with Gasteiger partial charge in [-0.15, -0.1) is 0 Å². The third-order valence-corrected chi connectivity index (χ3v) is 5.49. The van der Waals surface area contributed by atoms with Crippen LogP contribution in [0, 0.1) is 10.4 Å². The molecule has 0 aromatic rings. The fraction of sp³-hybridized carbons (Fsp3) is 1.00. The summed E-state index contributed by atoms with van der Waals surface area (Å²) >= 11 is 0. The molecule has 2 atom stereocenters. The van der Waals surface area contributed by atoms with Crippen LogP contribution in [0.1, 0.15) is 20.8 Å². The van der Waals surface area contributed by atoms with Gasteiger partial charge in [-0.25, -0.2) is 4.57 Å². The Morgan fingerprint density at radius 3 is 1.33 bits per heavy atom. The molecule has 0 spiro atoms. The van der Waals surface area contributed by atoms with Crippen LogP contribution in [0.3, 0.4) is 0 Å². The van der Waals surface area contributed by atoms with Crippen LogP contribution in [0.2, 0.25) is 0 Å². The minimum atomic E-state index is -3.32. The Morgan fingerprint density at radius 2 is 1.33 bits per heavy atom. The fourth-order valence-electron chi connectivity index (χ4n) is 1.17. The molecule has 0 aromatic carbocycles. The van der Waals surface area contributed by atoms with E-state index < -0.39 is 22.3 Å². The molecule has 0 saturated carbocycles. The maximum atomic E-state index is 11.9. The monoisotopic (exact) mass is 196 g/mol. The number of rotatable bonds is 2. The molecule has 12 heavy (non-hydrogen) atoms. The minimum Gasteiger partial charge on any atom is -0.628 e. The molecule has 0 rings (SSSR count). The molecule has 0 bridgehead atoms. The van der Waals surface area contributed by atoms with Gasteiger partial charge >= 0.3 is 7.44 Å². The Bertz CT molecular complexity index is 185. The van der Waals surface area contributed by atoms with Crippen LogP contribution in [0.25, 0.3) is 0 Å². The Labute approximate surface area is 73.0 Å². The summed E-state index contributed by atoms with van der Waals surface area (Å²) in [5.74, 6) is 0. The molecular formula is C6H17N2O3P. The average molecular weight is 196 g/mol. The highest BCUT2D eigenvalue weighted by molar-refractivity contribution is 7.52. The van der Waals surface area contributed by atoms with Crippen molar-refractivity contribution in [2.24, 2.45) is 0 Å². The van der Waals surface area contributed by atoms with Gasteiger partial charge in [0.05, 0.1) is 14.1 Å². The van der Waals surface area contributed by atoms with E-state index >= 15 is 0 Å². The number of nitrogens with one attached hydrogen (secondary N) is 2. The largest absolute Gasteiger partial charge is 0.628 e. The zero-order valence-electron chi connectivity index (χ0n) is 8.17. The van der Waals surface area contributed by atoms with Gasteiger partial charge in [-0.2, -0.15) is 0 Å². The summed E-state index contributed by atoms with van der Waals surface area (Å²) in [6.45, 7) is 4.95. The van der Waals surface area contributed by atoms with Crippen LogP contribution >= 0.6 is 7.44 Å². The van der Waals surface area contributed by atoms with Crippen molar-refractivity contribution < 1.29 is 14.2 Å². The van der Waals surface area contributed by atoms with Gasteiger partial charge in [0.25, 0.3) is 0 Å². The SMILES string of the molecule is C[NH+]([O-])P(=O)([NH+](C)[O-])C(C)(C)C. The third kappa shape index (κ3) is 1.87. The van der Waals surface area contributed by atoms with Crippen LogP contribution in [-0.2, 0) is 4.57 Å². The second-order valence-corrected chi connectivity index (χ2v) is 7.64. The van der Waals surface area contributed by atoms with Crippen molar-refractivity contribution in [2.75, 3.05) is 14.1 Å². The summed E-state index contributed by atoms with van der Waals surface area (Å²) in [4.78, 5) is -0.995. The first-order chi connectivity index (χ1) is 5.14. The van der Waals surface area contributed by atoms with Gasteiger partial charge in [0, 0.05) is 0 Å². The van der Waals surface area contributed by atoms with Crippen LogP contribution < -0.4 is 9.67 Å². The zero-order valence-corrected chi connectivity index (χ0v) is 9.07. The summed E-state index contributed by atoms with van der Waals surface area (Å²) in [5.41, 5.74) is 0. The maximum Gasteiger partial charge on any atom is 0.426 e. The first kappa shape index (κ1) is 12.1. The number of quaternary nitrogens is 2. The normalized spacial score (nSPS) is 22.9. The number of hydrogen-bond acceptors (Lipinski definition) is 3. The molecule has 0 aliphatic heterocycles. The second-order valence-electron chi connectivity index (χ2n) is 3.82. The van der Waals surface area contributed by atoms with Gasteiger partial charge in [-0.1, -0.05) is 0 Å². The smallest absolute Gasteiger partial charge is 0.426 e. The van der Waals surface area contributed by atoms with E-state index in [9.17, 15) is 15.0 Å². The summed E-state index contributed by atoms with van der Waals surface area (Å²) < 4.78 is 11.9. The van der Waals surface area contributed by atoms with E-state index in [1.807, 2.05) is 0 Å². The van der Waals surface area contributed by atoms with E-state index in [4.69, 9.17) is 0 Å². The molecule has 2 unspecified atom stereocenters. The standard InChI is InChI=1S/C6H17N2O3P/c1-6(2,3)12(11,7(4)9)8(5)10/h7-8H,1-5H3. The van der Waals surface area contributed by atoms with Crippen molar-refractivity contribution in [3.05, 3.63) is 10.4 Å². The quantitative estimate of drug-likeness (QED) is 0.439. The molecule has 6 heteroatoms. The van der Waals surface area contributed by atoms with Crippen molar-refractivity contribution in [1.82, 2.24) is 0 Å². The highest BCUT2D eigenvalue weighted by Gasteiger charge is 2.47. The predicted octanol–water partition coefficient (Wildman–Crippen LogP) is -0.997. The molecule has 0 aliphatic carbocycles. The Balaban J connectivity index is 5.04. The van der Waals surface area contributed by atoms with Gasteiger partial charge in [0.2, 0.25) is 0 Å². The molecule has 5 nitrogen and oxygen atoms in total. The van der Waals surface area contributed by atoms with Gasteiger partial charge in [0.1, 0.15) is 5.16 Å². The first-order valence-electron chi connectivity index (χ1n) is 3.76. The first-order valence-corrected chi connectivity index (χ1v) is 5.47. The van der Waals surface area contributed by atoms with E-state index in [0.29, 0.717) is 0 Å². The summed E-state index contributed by atoms with van der Waals surface area (Å²) in [6.07, 6.45) is 0. The topological polar surface area (TPSA) is 72.1 Å². The highest BCUT2D eigenvalue weighted by Crippen LogP contribution is 2.41. The van der Waals surface area contributed by atoms with Crippen molar-refractivity contribution in [2.45, 2.75) is 25.9 Å². The van der Waals surface area contributed by atoms with Gasteiger partial charge in [0.15, 0.2) is 0 Å². The van der Waals surface area contributed by atoms with E-state index in [1.54, 1.807) is 20.8 Å². The predicted molar refractivity (Wildman–Crippen MR) is 47.9 cm³/mol. The zero-order chi connectivity index (χ0) is 10.2. The van der Waals surface area contributed by atoms with Crippen molar-refractivity contribution in [1.29, 1.82) is 0 Å². The van der Waals surface area contributed by atoms with Gasteiger partial charge in [-0.05, 0) is 20.8 Å². The second kappa shape index (κ2) is 3.44. The Kier molecular flexibility index (Phi) is 3.46. The minimum absolute atomic E-state index is 0.498. The van der Waals surface area contributed by atoms with Crippen molar-refractivity contribution >= 4 is 7.44 Å². The lowest BCUT2D eigenvalue weighted by Crippen LogP contribution is -3.18. The van der Waals surface area contributed by atoms with E-state index in [-0.39, 0.29) is 0 Å². The van der Waals surface area contributed by atoms with Gasteiger partial charge < -0.3 is 10.4 Å². The summed E-state index contributed by atoms with van der Waals surface area (Å²) in [6, 6.07) is 0. The van der Waals surface area contributed by atoms with Crippen LogP contribution in [-0.4, -0.2) is 19.3 Å². The maximum absolute atomic E-state index is 11.9. The Hall–Kier alpha value is 0.0700. The molecule has 0 aliphatic rings. The molecule has 0 radical (unpaired) electrons. The molecule has 2 N–H and O–H groups in total. The van der Waals surface area contributed by atoms with E-state index in [0.717, 1.165) is 0 Å². The van der Waals surface area contributed by atoms with E-state index in [2.05, 4.69) is 0 Å². The lowest BCUT2D eigenvalue weighted by Gasteiger charge is -2.39. The highest BCUT2D eigenvalue weighted by atomic mass is 31.2. The molecule has 0 heterocycles. The van der Waals surface area contributed by atoms with Crippen LogP contribution in [0.5, 0.6) is 0 Å². The third-order valence-electron chi connectivity index (χ3n) is 1.83. The Morgan fingerprint density at radius 1 is 1.08 bits per heavy atom. The molecular weight excluding hydrogens is 179 g/mol. The van der Waals surface area contributed by atoms with Gasteiger partial charge in [-0.3, -0.25) is 9.67 Å². The van der Waals surface area contributed by atoms with Crippen LogP contribution in [0.4, 0.5) is 0 Å². The number of hydrogen-bond donors (Lipinski definition) is 2. The average Bonchev–Trinajstić information content (AvgIpc) is 1.82. The summed E-state index contributed by atoms with van der Waals surface area (Å²) in [7, 11) is -0.893. The fourth-order valence-corrected chi connectivity index (χ4v) is 3.50. The lowest BCUT2D eigenvalue weighted by atomic mass is 10.3. The molecule has 0 saturated heterocycles. The number of hydroxylamine groups is 2. The van der Waals surface area contributed by atoms with Crippen molar-refractivity contribution in [3.63, 3.8) is 0 Å². The molecule has 0 aromatic heterocycles. The molecule has 0 fully saturated rings. The molecule has 74 valence electrons. The summed E-state index contributed by atoms with van der Waals surface area (Å²) in [5, 5.41) is 21.4. The lowest BCUT2D eigenvalue weighted by molar-refractivity contribution is -0.805. The van der Waals surface area contributed by atoms with Crippen LogP contribution in [0.15, 0.2) is 0 Å².